The fourth-order valence-corrected chi connectivity index (χ4v) is 4.07. The SMILES string of the molecule is CCOC(=O)c1cc(O)c(C(=O)OCC)c(S(=O)(=O)c2ccc(Cl)cc2)c1O. The molecule has 2 aromatic carbocycles. The van der Waals surface area contributed by atoms with Crippen molar-refractivity contribution in [2.75, 3.05) is 13.2 Å². The third-order valence-corrected chi connectivity index (χ3v) is 5.68. The smallest absolute Gasteiger partial charge is 0.343 e. The molecule has 0 aliphatic rings. The summed E-state index contributed by atoms with van der Waals surface area (Å²) in [5.41, 5.74) is -1.40. The van der Waals surface area contributed by atoms with E-state index >= 15 is 0 Å². The van der Waals surface area contributed by atoms with Gasteiger partial charge in [0.15, 0.2) is 0 Å². The Morgan fingerprint density at radius 2 is 1.54 bits per heavy atom. The number of aromatic hydroxyl groups is 2. The third-order valence-electron chi connectivity index (χ3n) is 3.60. The highest BCUT2D eigenvalue weighted by molar-refractivity contribution is 7.91. The minimum Gasteiger partial charge on any atom is -0.507 e. The molecule has 28 heavy (non-hydrogen) atoms. The van der Waals surface area contributed by atoms with Gasteiger partial charge in [0.2, 0.25) is 9.84 Å². The Morgan fingerprint density at radius 1 is 1.00 bits per heavy atom. The van der Waals surface area contributed by atoms with Crippen molar-refractivity contribution in [3.05, 3.63) is 46.5 Å². The topological polar surface area (TPSA) is 127 Å². The summed E-state index contributed by atoms with van der Waals surface area (Å²) in [5.74, 6) is -4.14. The number of sulfone groups is 1. The summed E-state index contributed by atoms with van der Waals surface area (Å²) in [6, 6.07) is 5.65. The number of halogens is 1. The molecule has 2 N–H and O–H groups in total. The molecule has 0 radical (unpaired) electrons. The first-order chi connectivity index (χ1) is 13.1. The molecule has 0 spiro atoms. The van der Waals surface area contributed by atoms with Crippen LogP contribution in [-0.2, 0) is 19.3 Å². The highest BCUT2D eigenvalue weighted by Gasteiger charge is 2.35. The first-order valence-electron chi connectivity index (χ1n) is 8.08. The second-order valence-electron chi connectivity index (χ2n) is 5.39. The summed E-state index contributed by atoms with van der Waals surface area (Å²) in [6.45, 7) is 2.82. The zero-order valence-electron chi connectivity index (χ0n) is 14.9. The van der Waals surface area contributed by atoms with Crippen LogP contribution in [0.25, 0.3) is 0 Å². The zero-order valence-corrected chi connectivity index (χ0v) is 16.5. The highest BCUT2D eigenvalue weighted by Crippen LogP contribution is 2.40. The normalized spacial score (nSPS) is 11.1. The molecule has 2 aromatic rings. The van der Waals surface area contributed by atoms with Crippen LogP contribution < -0.4 is 0 Å². The predicted octanol–water partition coefficient (Wildman–Crippen LogP) is 2.94. The number of phenolic OH excluding ortho intramolecular Hbond substituents is 2. The van der Waals surface area contributed by atoms with Crippen molar-refractivity contribution < 1.29 is 37.7 Å². The molecule has 0 aromatic heterocycles. The van der Waals surface area contributed by atoms with Crippen molar-refractivity contribution in [3.63, 3.8) is 0 Å². The zero-order chi connectivity index (χ0) is 21.1. The molecule has 8 nitrogen and oxygen atoms in total. The minimum atomic E-state index is -4.55. The Balaban J connectivity index is 2.86. The molecular weight excluding hydrogens is 412 g/mol. The lowest BCUT2D eigenvalue weighted by Crippen LogP contribution is -2.16. The van der Waals surface area contributed by atoms with Gasteiger partial charge in [-0.05, 0) is 44.2 Å². The van der Waals surface area contributed by atoms with E-state index in [1.54, 1.807) is 0 Å². The molecule has 0 saturated carbocycles. The van der Waals surface area contributed by atoms with E-state index in [4.69, 9.17) is 21.1 Å². The predicted molar refractivity (Wildman–Crippen MR) is 98.6 cm³/mol. The molecule has 0 heterocycles. The van der Waals surface area contributed by atoms with Crippen LogP contribution in [0.2, 0.25) is 5.02 Å². The van der Waals surface area contributed by atoms with Gasteiger partial charge < -0.3 is 19.7 Å². The maximum Gasteiger partial charge on any atom is 0.343 e. The summed E-state index contributed by atoms with van der Waals surface area (Å²) < 4.78 is 35.8. The van der Waals surface area contributed by atoms with Gasteiger partial charge in [0.1, 0.15) is 27.5 Å². The molecule has 0 unspecified atom stereocenters. The number of hydrogen-bond acceptors (Lipinski definition) is 8. The Bertz CT molecular complexity index is 1010. The van der Waals surface area contributed by atoms with Gasteiger partial charge in [-0.1, -0.05) is 11.6 Å². The summed E-state index contributed by atoms with van der Waals surface area (Å²) in [4.78, 5) is 23.1. The Labute approximate surface area is 166 Å². The molecule has 0 saturated heterocycles. The maximum absolute atomic E-state index is 13.1. The van der Waals surface area contributed by atoms with Gasteiger partial charge in [-0.25, -0.2) is 18.0 Å². The number of hydrogen-bond donors (Lipinski definition) is 2. The van der Waals surface area contributed by atoms with Crippen molar-refractivity contribution in [1.82, 2.24) is 0 Å². The van der Waals surface area contributed by atoms with Crippen LogP contribution in [0.15, 0.2) is 40.1 Å². The number of carbonyl (C=O) groups excluding carboxylic acids is 2. The van der Waals surface area contributed by atoms with Crippen LogP contribution in [0.5, 0.6) is 11.5 Å². The maximum atomic E-state index is 13.1. The fraction of sp³-hybridized carbons (Fsp3) is 0.222. The van der Waals surface area contributed by atoms with Crippen molar-refractivity contribution in [3.8, 4) is 11.5 Å². The van der Waals surface area contributed by atoms with Crippen LogP contribution in [-0.4, -0.2) is 43.8 Å². The number of carbonyl (C=O) groups is 2. The largest absolute Gasteiger partial charge is 0.507 e. The van der Waals surface area contributed by atoms with E-state index < -0.39 is 49.3 Å². The van der Waals surface area contributed by atoms with Crippen LogP contribution in [0.3, 0.4) is 0 Å². The first-order valence-corrected chi connectivity index (χ1v) is 9.95. The van der Waals surface area contributed by atoms with E-state index in [-0.39, 0.29) is 23.1 Å². The highest BCUT2D eigenvalue weighted by atomic mass is 35.5. The Kier molecular flexibility index (Phi) is 6.52. The van der Waals surface area contributed by atoms with Crippen molar-refractivity contribution >= 4 is 33.4 Å². The van der Waals surface area contributed by atoms with E-state index in [1.165, 1.54) is 26.0 Å². The summed E-state index contributed by atoms with van der Waals surface area (Å²) in [7, 11) is -4.55. The number of benzene rings is 2. The van der Waals surface area contributed by atoms with Crippen LogP contribution in [0, 0.1) is 0 Å². The quantitative estimate of drug-likeness (QED) is 0.531. The average Bonchev–Trinajstić information content (AvgIpc) is 2.63. The van der Waals surface area contributed by atoms with E-state index in [9.17, 15) is 28.2 Å². The average molecular weight is 429 g/mol. The molecule has 0 aliphatic carbocycles. The molecule has 0 bridgehead atoms. The standard InChI is InChI=1S/C18H17ClO8S/c1-3-26-17(22)12-9-13(20)14(18(23)27-4-2)16(15(12)21)28(24,25)11-7-5-10(19)6-8-11/h5-9,20-21H,3-4H2,1-2H3. The first kappa shape index (κ1) is 21.5. The second kappa shape index (κ2) is 8.49. The lowest BCUT2D eigenvalue weighted by molar-refractivity contribution is 0.0500. The lowest BCUT2D eigenvalue weighted by atomic mass is 10.1. The minimum absolute atomic E-state index is 0.0576. The number of ether oxygens (including phenoxy) is 2. The Morgan fingerprint density at radius 3 is 2.07 bits per heavy atom. The van der Waals surface area contributed by atoms with Gasteiger partial charge >= 0.3 is 11.9 Å². The molecule has 0 aliphatic heterocycles. The van der Waals surface area contributed by atoms with Crippen molar-refractivity contribution in [2.45, 2.75) is 23.6 Å². The lowest BCUT2D eigenvalue weighted by Gasteiger charge is -2.16. The molecule has 150 valence electrons. The second-order valence-corrected chi connectivity index (χ2v) is 7.72. The molecule has 0 atom stereocenters. The van der Waals surface area contributed by atoms with E-state index in [0.29, 0.717) is 0 Å². The van der Waals surface area contributed by atoms with Gasteiger partial charge in [-0.2, -0.15) is 0 Å². The van der Waals surface area contributed by atoms with Gasteiger partial charge in [0.25, 0.3) is 0 Å². The number of rotatable bonds is 6. The van der Waals surface area contributed by atoms with Gasteiger partial charge in [-0.15, -0.1) is 0 Å². The summed E-state index contributed by atoms with van der Waals surface area (Å²) >= 11 is 5.77. The number of phenols is 2. The van der Waals surface area contributed by atoms with Gasteiger partial charge in [0.05, 0.1) is 18.1 Å². The van der Waals surface area contributed by atoms with Crippen molar-refractivity contribution in [2.24, 2.45) is 0 Å². The van der Waals surface area contributed by atoms with Crippen LogP contribution in [0.1, 0.15) is 34.6 Å². The van der Waals surface area contributed by atoms with E-state index in [1.807, 2.05) is 0 Å². The molecule has 2 rings (SSSR count). The van der Waals surface area contributed by atoms with E-state index in [0.717, 1.165) is 18.2 Å². The molecule has 0 amide bonds. The van der Waals surface area contributed by atoms with E-state index in [2.05, 4.69) is 0 Å². The van der Waals surface area contributed by atoms with Crippen LogP contribution in [0.4, 0.5) is 0 Å². The third kappa shape index (κ3) is 4.05. The van der Waals surface area contributed by atoms with Gasteiger partial charge in [-0.3, -0.25) is 0 Å². The Hall–Kier alpha value is -2.78. The van der Waals surface area contributed by atoms with Crippen LogP contribution >= 0.6 is 11.6 Å². The fourth-order valence-electron chi connectivity index (χ4n) is 2.39. The molecule has 0 fully saturated rings. The van der Waals surface area contributed by atoms with Crippen molar-refractivity contribution in [1.29, 1.82) is 0 Å². The van der Waals surface area contributed by atoms with Gasteiger partial charge in [0, 0.05) is 5.02 Å². The molecular formula is C18H17ClO8S. The summed E-state index contributed by atoms with van der Waals surface area (Å²) in [5, 5.41) is 21.1. The summed E-state index contributed by atoms with van der Waals surface area (Å²) in [6.07, 6.45) is 0. The number of esters is 2. The monoisotopic (exact) mass is 428 g/mol. The molecule has 10 heteroatoms.